The van der Waals surface area contributed by atoms with Crippen LogP contribution in [0.25, 0.3) is 0 Å². The summed E-state index contributed by atoms with van der Waals surface area (Å²) in [6.07, 6.45) is 4.58. The molecule has 0 atom stereocenters. The highest BCUT2D eigenvalue weighted by atomic mass is 32.1. The monoisotopic (exact) mass is 541 g/mol. The van der Waals surface area contributed by atoms with Gasteiger partial charge in [-0.1, -0.05) is 60.7 Å². The molecule has 0 N–H and O–H groups in total. The number of aromatic nitrogens is 1. The SMILES string of the molecule is CN(C)CCN(Cc1cccs1)c1ccccn1.c1ccc(CN(CCN2CCCC2)c2ccccc2)cc1. The first kappa shape index (κ1) is 28.8. The number of anilines is 2. The number of likely N-dealkylation sites (N-methyl/N-ethyl adjacent to an activating group) is 1. The van der Waals surface area contributed by atoms with Gasteiger partial charge in [0.2, 0.25) is 0 Å². The van der Waals surface area contributed by atoms with Crippen LogP contribution in [0.4, 0.5) is 11.5 Å². The number of benzene rings is 2. The fourth-order valence-corrected chi connectivity index (χ4v) is 5.46. The van der Waals surface area contributed by atoms with Crippen LogP contribution in [0, 0.1) is 0 Å². The summed E-state index contributed by atoms with van der Waals surface area (Å²) in [7, 11) is 4.20. The molecule has 5 nitrogen and oxygen atoms in total. The Morgan fingerprint density at radius 2 is 1.44 bits per heavy atom. The Kier molecular flexibility index (Phi) is 11.8. The van der Waals surface area contributed by atoms with E-state index in [1.165, 1.54) is 48.6 Å². The van der Waals surface area contributed by atoms with Gasteiger partial charge in [-0.25, -0.2) is 4.98 Å². The molecule has 1 aliphatic rings. The Morgan fingerprint density at radius 1 is 0.718 bits per heavy atom. The predicted octanol–water partition coefficient (Wildman–Crippen LogP) is 6.50. The molecule has 1 aliphatic heterocycles. The molecule has 39 heavy (non-hydrogen) atoms. The molecule has 0 saturated carbocycles. The molecule has 0 aliphatic carbocycles. The number of hydrogen-bond donors (Lipinski definition) is 0. The number of nitrogens with zero attached hydrogens (tertiary/aromatic N) is 5. The standard InChI is InChI=1S/C19H24N2.C14H19N3S/c1-3-9-18(10-4-1)17-21(19-11-5-2-6-12-19)16-15-20-13-7-8-14-20;1-16(2)9-10-17(12-13-6-5-11-18-13)14-7-3-4-8-15-14/h1-6,9-12H,7-8,13-17H2;3-8,11H,9-10,12H2,1-2H3. The Hall–Kier alpha value is -3.19. The molecule has 0 unspecified atom stereocenters. The highest BCUT2D eigenvalue weighted by Gasteiger charge is 2.14. The molecule has 3 heterocycles. The van der Waals surface area contributed by atoms with Gasteiger partial charge in [-0.15, -0.1) is 11.3 Å². The molecular formula is C33H43N5S. The van der Waals surface area contributed by atoms with Gasteiger partial charge in [0.15, 0.2) is 0 Å². The summed E-state index contributed by atoms with van der Waals surface area (Å²) in [5, 5.41) is 2.12. The first-order valence-electron chi connectivity index (χ1n) is 14.1. The summed E-state index contributed by atoms with van der Waals surface area (Å²) < 4.78 is 0. The molecule has 5 rings (SSSR count). The van der Waals surface area contributed by atoms with Crippen LogP contribution in [-0.4, -0.2) is 68.1 Å². The third-order valence-electron chi connectivity index (χ3n) is 6.94. The van der Waals surface area contributed by atoms with Crippen molar-refractivity contribution in [3.8, 4) is 0 Å². The second kappa shape index (κ2) is 16.0. The minimum absolute atomic E-state index is 0.933. The highest BCUT2D eigenvalue weighted by Crippen LogP contribution is 2.18. The van der Waals surface area contributed by atoms with Crippen LogP contribution in [0.15, 0.2) is 103 Å². The normalized spacial score (nSPS) is 13.2. The number of para-hydroxylation sites is 1. The van der Waals surface area contributed by atoms with E-state index >= 15 is 0 Å². The molecule has 0 radical (unpaired) electrons. The second-order valence-corrected chi connectivity index (χ2v) is 11.3. The van der Waals surface area contributed by atoms with E-state index in [-0.39, 0.29) is 0 Å². The Morgan fingerprint density at radius 3 is 2.08 bits per heavy atom. The minimum atomic E-state index is 0.933. The van der Waals surface area contributed by atoms with E-state index in [0.717, 1.165) is 38.5 Å². The quantitative estimate of drug-likeness (QED) is 0.204. The summed E-state index contributed by atoms with van der Waals surface area (Å²) in [5.74, 6) is 1.05. The first-order valence-corrected chi connectivity index (χ1v) is 14.9. The molecule has 2 aromatic carbocycles. The average Bonchev–Trinajstić information content (AvgIpc) is 3.70. The molecular weight excluding hydrogens is 498 g/mol. The topological polar surface area (TPSA) is 25.9 Å². The molecule has 4 aromatic rings. The Labute approximate surface area is 239 Å². The lowest BCUT2D eigenvalue weighted by Gasteiger charge is -2.27. The van der Waals surface area contributed by atoms with E-state index in [1.807, 2.05) is 18.3 Å². The number of likely N-dealkylation sites (tertiary alicyclic amines) is 1. The van der Waals surface area contributed by atoms with E-state index in [2.05, 4.69) is 123 Å². The van der Waals surface area contributed by atoms with Crippen LogP contribution in [0.5, 0.6) is 0 Å². The largest absolute Gasteiger partial charge is 0.366 e. The van der Waals surface area contributed by atoms with Crippen molar-refractivity contribution in [3.05, 3.63) is 113 Å². The van der Waals surface area contributed by atoms with Crippen molar-refractivity contribution in [2.24, 2.45) is 0 Å². The van der Waals surface area contributed by atoms with Crippen molar-refractivity contribution >= 4 is 22.8 Å². The number of pyridine rings is 1. The zero-order chi connectivity index (χ0) is 27.1. The molecule has 6 heteroatoms. The zero-order valence-electron chi connectivity index (χ0n) is 23.5. The highest BCUT2D eigenvalue weighted by molar-refractivity contribution is 7.09. The van der Waals surface area contributed by atoms with Gasteiger partial charge in [-0.05, 0) is 81.3 Å². The molecule has 2 aromatic heterocycles. The van der Waals surface area contributed by atoms with Crippen LogP contribution in [0.1, 0.15) is 23.3 Å². The smallest absolute Gasteiger partial charge is 0.128 e. The van der Waals surface area contributed by atoms with Crippen LogP contribution in [0.2, 0.25) is 0 Å². The lowest BCUT2D eigenvalue weighted by molar-refractivity contribution is 0.344. The van der Waals surface area contributed by atoms with Crippen molar-refractivity contribution in [2.75, 3.05) is 63.2 Å². The van der Waals surface area contributed by atoms with Crippen LogP contribution >= 0.6 is 11.3 Å². The molecule has 0 amide bonds. The van der Waals surface area contributed by atoms with Crippen molar-refractivity contribution in [2.45, 2.75) is 25.9 Å². The van der Waals surface area contributed by atoms with Gasteiger partial charge in [-0.3, -0.25) is 0 Å². The molecule has 0 spiro atoms. The Bertz CT molecular complexity index is 1150. The van der Waals surface area contributed by atoms with Crippen molar-refractivity contribution < 1.29 is 0 Å². The molecule has 1 fully saturated rings. The fourth-order valence-electron chi connectivity index (χ4n) is 4.74. The summed E-state index contributed by atoms with van der Waals surface area (Å²) >= 11 is 1.80. The zero-order valence-corrected chi connectivity index (χ0v) is 24.3. The molecule has 0 bridgehead atoms. The van der Waals surface area contributed by atoms with E-state index < -0.39 is 0 Å². The lowest BCUT2D eigenvalue weighted by Crippen LogP contribution is -2.33. The van der Waals surface area contributed by atoms with E-state index in [4.69, 9.17) is 0 Å². The van der Waals surface area contributed by atoms with Gasteiger partial charge in [0.1, 0.15) is 5.82 Å². The average molecular weight is 542 g/mol. The van der Waals surface area contributed by atoms with E-state index in [1.54, 1.807) is 11.3 Å². The lowest BCUT2D eigenvalue weighted by atomic mass is 10.2. The summed E-state index contributed by atoms with van der Waals surface area (Å²) in [6.45, 7) is 8.74. The van der Waals surface area contributed by atoms with Crippen LogP contribution < -0.4 is 9.80 Å². The second-order valence-electron chi connectivity index (χ2n) is 10.3. The summed E-state index contributed by atoms with van der Waals surface area (Å²) in [5.41, 5.74) is 2.70. The van der Waals surface area contributed by atoms with E-state index in [9.17, 15) is 0 Å². The van der Waals surface area contributed by atoms with Crippen molar-refractivity contribution in [1.29, 1.82) is 0 Å². The maximum Gasteiger partial charge on any atom is 0.128 e. The van der Waals surface area contributed by atoms with Gasteiger partial charge in [-0.2, -0.15) is 0 Å². The number of hydrogen-bond acceptors (Lipinski definition) is 6. The van der Waals surface area contributed by atoms with Gasteiger partial charge in [0.05, 0.1) is 6.54 Å². The molecule has 1 saturated heterocycles. The van der Waals surface area contributed by atoms with Gasteiger partial charge in [0, 0.05) is 49.5 Å². The Balaban J connectivity index is 0.000000183. The third-order valence-corrected chi connectivity index (χ3v) is 7.80. The van der Waals surface area contributed by atoms with Crippen molar-refractivity contribution in [1.82, 2.24) is 14.8 Å². The fraction of sp³-hybridized carbons (Fsp3) is 0.364. The van der Waals surface area contributed by atoms with Gasteiger partial charge in [0.25, 0.3) is 0 Å². The van der Waals surface area contributed by atoms with Crippen molar-refractivity contribution in [3.63, 3.8) is 0 Å². The summed E-state index contributed by atoms with van der Waals surface area (Å²) in [6, 6.07) is 31.9. The third kappa shape index (κ3) is 10.1. The van der Waals surface area contributed by atoms with E-state index in [0.29, 0.717) is 0 Å². The van der Waals surface area contributed by atoms with Gasteiger partial charge < -0.3 is 19.6 Å². The minimum Gasteiger partial charge on any atom is -0.366 e. The predicted molar refractivity (Wildman–Crippen MR) is 168 cm³/mol. The van der Waals surface area contributed by atoms with Gasteiger partial charge >= 0.3 is 0 Å². The maximum absolute atomic E-state index is 4.45. The summed E-state index contributed by atoms with van der Waals surface area (Å²) in [4.78, 5) is 15.4. The maximum atomic E-state index is 4.45. The molecule has 206 valence electrons. The first-order chi connectivity index (χ1) is 19.2. The number of rotatable bonds is 12. The van der Waals surface area contributed by atoms with Crippen LogP contribution in [-0.2, 0) is 13.1 Å². The van der Waals surface area contributed by atoms with Crippen LogP contribution in [0.3, 0.4) is 0 Å². The number of thiophene rings is 1.